The molecule has 1 radical (unpaired) electrons. The third kappa shape index (κ3) is 4.09. The minimum Gasteiger partial charge on any atom is -0.207 e. The molecule has 3 heteroatoms. The first-order chi connectivity index (χ1) is 6.72. The van der Waals surface area contributed by atoms with Crippen LogP contribution in [0.2, 0.25) is 0 Å². The fraction of sp³-hybridized carbons (Fsp3) is 0.364. The van der Waals surface area contributed by atoms with E-state index in [0.717, 1.165) is 24.7 Å². The molecular formula is C11H13F2S. The van der Waals surface area contributed by atoms with Crippen molar-refractivity contribution in [2.45, 2.75) is 18.6 Å². The van der Waals surface area contributed by atoms with Gasteiger partial charge in [0.1, 0.15) is 11.6 Å². The molecule has 0 spiro atoms. The third-order valence-corrected chi connectivity index (χ3v) is 2.84. The summed E-state index contributed by atoms with van der Waals surface area (Å²) in [5.74, 6) is 0.645. The predicted octanol–water partition coefficient (Wildman–Crippen LogP) is 3.81. The highest BCUT2D eigenvalue weighted by Gasteiger charge is 2.00. The van der Waals surface area contributed by atoms with Crippen LogP contribution in [0.4, 0.5) is 8.78 Å². The van der Waals surface area contributed by atoms with Gasteiger partial charge in [-0.15, -0.1) is 0 Å². The van der Waals surface area contributed by atoms with Gasteiger partial charge in [-0.25, -0.2) is 8.78 Å². The summed E-state index contributed by atoms with van der Waals surface area (Å²) in [6.07, 6.45) is 1.95. The van der Waals surface area contributed by atoms with E-state index >= 15 is 0 Å². The van der Waals surface area contributed by atoms with Gasteiger partial charge < -0.3 is 0 Å². The summed E-state index contributed by atoms with van der Waals surface area (Å²) < 4.78 is 25.5. The molecule has 0 atom stereocenters. The number of halogens is 2. The minimum atomic E-state index is -0.502. The van der Waals surface area contributed by atoms with E-state index in [9.17, 15) is 8.78 Å². The number of thioether (sulfide) groups is 1. The Morgan fingerprint density at radius 3 is 2.36 bits per heavy atom. The van der Waals surface area contributed by atoms with Crippen LogP contribution in [0, 0.1) is 18.6 Å². The molecule has 0 heterocycles. The lowest BCUT2D eigenvalue weighted by molar-refractivity contribution is 0.581. The molecule has 1 rings (SSSR count). The average Bonchev–Trinajstić information content (AvgIpc) is 2.11. The summed E-state index contributed by atoms with van der Waals surface area (Å²) in [4.78, 5) is 0. The van der Waals surface area contributed by atoms with E-state index in [2.05, 4.69) is 6.92 Å². The molecular weight excluding hydrogens is 202 g/mol. The number of hydrogen-bond acceptors (Lipinski definition) is 1. The van der Waals surface area contributed by atoms with Gasteiger partial charge in [-0.1, -0.05) is 13.3 Å². The fourth-order valence-electron chi connectivity index (χ4n) is 1.09. The summed E-state index contributed by atoms with van der Waals surface area (Å²) >= 11 is 1.67. The van der Waals surface area contributed by atoms with Crippen molar-refractivity contribution in [1.29, 1.82) is 0 Å². The largest absolute Gasteiger partial charge is 0.207 e. The van der Waals surface area contributed by atoms with E-state index in [1.807, 2.05) is 0 Å². The molecule has 14 heavy (non-hydrogen) atoms. The van der Waals surface area contributed by atoms with Crippen LogP contribution < -0.4 is 0 Å². The summed E-state index contributed by atoms with van der Waals surface area (Å²) in [7, 11) is 0. The summed E-state index contributed by atoms with van der Waals surface area (Å²) in [6.45, 7) is 3.73. The molecule has 0 unspecified atom stereocenters. The number of hydrogen-bond donors (Lipinski definition) is 0. The van der Waals surface area contributed by atoms with Crippen LogP contribution in [0.5, 0.6) is 0 Å². The molecule has 0 amide bonds. The predicted molar refractivity (Wildman–Crippen MR) is 57.1 cm³/mol. The van der Waals surface area contributed by atoms with Crippen molar-refractivity contribution in [2.75, 3.05) is 5.75 Å². The Hall–Kier alpha value is -0.570. The molecule has 1 aromatic rings. The zero-order chi connectivity index (χ0) is 10.4. The molecule has 0 aliphatic carbocycles. The zero-order valence-electron chi connectivity index (χ0n) is 7.93. The molecule has 0 bridgehead atoms. The van der Waals surface area contributed by atoms with Crippen molar-refractivity contribution in [2.24, 2.45) is 0 Å². The van der Waals surface area contributed by atoms with Gasteiger partial charge >= 0.3 is 0 Å². The SMILES string of the molecule is [CH2]CCCSCc1cc(F)cc(F)c1. The lowest BCUT2D eigenvalue weighted by Crippen LogP contribution is -1.87. The quantitative estimate of drug-likeness (QED) is 0.673. The molecule has 0 nitrogen and oxygen atoms in total. The van der Waals surface area contributed by atoms with Crippen LogP contribution in [0.3, 0.4) is 0 Å². The smallest absolute Gasteiger partial charge is 0.126 e. The second-order valence-electron chi connectivity index (χ2n) is 3.04. The summed E-state index contributed by atoms with van der Waals surface area (Å²) in [5, 5.41) is 0. The Bertz CT molecular complexity index is 266. The van der Waals surface area contributed by atoms with Crippen LogP contribution in [0.25, 0.3) is 0 Å². The van der Waals surface area contributed by atoms with Gasteiger partial charge in [0.2, 0.25) is 0 Å². The Morgan fingerprint density at radius 2 is 1.79 bits per heavy atom. The lowest BCUT2D eigenvalue weighted by Gasteiger charge is -2.01. The maximum absolute atomic E-state index is 12.7. The Labute approximate surface area is 87.7 Å². The van der Waals surface area contributed by atoms with Crippen LogP contribution in [0.15, 0.2) is 18.2 Å². The molecule has 0 saturated heterocycles. The Balaban J connectivity index is 2.42. The molecule has 0 fully saturated rings. The highest BCUT2D eigenvalue weighted by Crippen LogP contribution is 2.16. The summed E-state index contributed by atoms with van der Waals surface area (Å²) in [6, 6.07) is 3.64. The Morgan fingerprint density at radius 1 is 1.14 bits per heavy atom. The van der Waals surface area contributed by atoms with E-state index < -0.39 is 11.6 Å². The molecule has 0 aliphatic rings. The summed E-state index contributed by atoms with van der Waals surface area (Å²) in [5.41, 5.74) is 0.705. The minimum absolute atomic E-state index is 0.502. The van der Waals surface area contributed by atoms with Crippen LogP contribution in [0.1, 0.15) is 18.4 Å². The van der Waals surface area contributed by atoms with Crippen LogP contribution in [-0.2, 0) is 5.75 Å². The van der Waals surface area contributed by atoms with Gasteiger partial charge in [-0.3, -0.25) is 0 Å². The van der Waals surface area contributed by atoms with Crippen molar-refractivity contribution in [3.05, 3.63) is 42.3 Å². The molecule has 0 aromatic heterocycles. The molecule has 1 aromatic carbocycles. The van der Waals surface area contributed by atoms with Crippen molar-refractivity contribution in [3.8, 4) is 0 Å². The van der Waals surface area contributed by atoms with Crippen LogP contribution in [-0.4, -0.2) is 5.75 Å². The maximum Gasteiger partial charge on any atom is 0.126 e. The van der Waals surface area contributed by atoms with Crippen molar-refractivity contribution >= 4 is 11.8 Å². The van der Waals surface area contributed by atoms with E-state index in [0.29, 0.717) is 11.3 Å². The zero-order valence-corrected chi connectivity index (χ0v) is 8.75. The number of benzene rings is 1. The maximum atomic E-state index is 12.7. The van der Waals surface area contributed by atoms with Gasteiger partial charge in [0.15, 0.2) is 0 Å². The first kappa shape index (κ1) is 11.5. The van der Waals surface area contributed by atoms with Gasteiger partial charge in [0, 0.05) is 11.8 Å². The van der Waals surface area contributed by atoms with Crippen molar-refractivity contribution in [1.82, 2.24) is 0 Å². The first-order valence-electron chi connectivity index (χ1n) is 4.54. The topological polar surface area (TPSA) is 0 Å². The third-order valence-electron chi connectivity index (χ3n) is 1.73. The standard InChI is InChI=1S/C11H13F2S/c1-2-3-4-14-8-9-5-10(12)7-11(13)6-9/h5-7H,1-4,8H2. The second-order valence-corrected chi connectivity index (χ2v) is 4.14. The molecule has 0 N–H and O–H groups in total. The van der Waals surface area contributed by atoms with Crippen molar-refractivity contribution < 1.29 is 8.78 Å². The van der Waals surface area contributed by atoms with Crippen LogP contribution >= 0.6 is 11.8 Å². The number of unbranched alkanes of at least 4 members (excludes halogenated alkanes) is 1. The van der Waals surface area contributed by atoms with Gasteiger partial charge in [0.25, 0.3) is 0 Å². The van der Waals surface area contributed by atoms with Gasteiger partial charge in [-0.2, -0.15) is 11.8 Å². The normalized spacial score (nSPS) is 10.5. The Kier molecular flexibility index (Phi) is 4.94. The highest BCUT2D eigenvalue weighted by atomic mass is 32.2. The van der Waals surface area contributed by atoms with E-state index in [4.69, 9.17) is 0 Å². The molecule has 77 valence electrons. The molecule has 0 saturated carbocycles. The van der Waals surface area contributed by atoms with Gasteiger partial charge in [0.05, 0.1) is 0 Å². The number of rotatable bonds is 5. The highest BCUT2D eigenvalue weighted by molar-refractivity contribution is 7.98. The van der Waals surface area contributed by atoms with Gasteiger partial charge in [-0.05, 0) is 29.9 Å². The molecule has 0 aliphatic heterocycles. The van der Waals surface area contributed by atoms with Crippen molar-refractivity contribution in [3.63, 3.8) is 0 Å². The second kappa shape index (κ2) is 6.02. The van der Waals surface area contributed by atoms with E-state index in [-0.39, 0.29) is 0 Å². The van der Waals surface area contributed by atoms with E-state index in [1.54, 1.807) is 11.8 Å². The average molecular weight is 215 g/mol. The van der Waals surface area contributed by atoms with E-state index in [1.165, 1.54) is 12.1 Å². The monoisotopic (exact) mass is 215 g/mol. The fourth-order valence-corrected chi connectivity index (χ4v) is 2.04. The lowest BCUT2D eigenvalue weighted by atomic mass is 10.2. The first-order valence-corrected chi connectivity index (χ1v) is 5.70.